The highest BCUT2D eigenvalue weighted by Gasteiger charge is 2.15. The number of rotatable bonds is 5. The van der Waals surface area contributed by atoms with Gasteiger partial charge in [-0.15, -0.1) is 0 Å². The fourth-order valence-corrected chi connectivity index (χ4v) is 5.25. The quantitative estimate of drug-likeness (QED) is 0.351. The highest BCUT2D eigenvalue weighted by molar-refractivity contribution is 7.86. The average Bonchev–Trinajstić information content (AvgIpc) is 2.89. The van der Waals surface area contributed by atoms with Crippen LogP contribution >= 0.6 is 0 Å². The third-order valence-electron chi connectivity index (χ3n) is 6.01. The number of hydrogen-bond donors (Lipinski definition) is 4. The van der Waals surface area contributed by atoms with E-state index in [0.29, 0.717) is 24.7 Å². The third kappa shape index (κ3) is 6.12. The predicted octanol–water partition coefficient (Wildman–Crippen LogP) is 5.71. The zero-order chi connectivity index (χ0) is 25.5. The average molecular weight is 508 g/mol. The van der Waals surface area contributed by atoms with Gasteiger partial charge in [-0.2, -0.15) is 4.98 Å². The van der Waals surface area contributed by atoms with E-state index >= 15 is 0 Å². The Kier molecular flexibility index (Phi) is 8.37. The van der Waals surface area contributed by atoms with Crippen molar-refractivity contribution < 1.29 is 9.53 Å². The van der Waals surface area contributed by atoms with Gasteiger partial charge in [0.05, 0.1) is 7.11 Å². The Labute approximate surface area is 214 Å². The fraction of sp³-hybridized carbons (Fsp3) is 0.346. The molecule has 0 radical (unpaired) electrons. The van der Waals surface area contributed by atoms with Crippen LogP contribution in [0.2, 0.25) is 0 Å². The highest BCUT2D eigenvalue weighted by Crippen LogP contribution is 2.30. The number of amides is 2. The highest BCUT2D eigenvalue weighted by atomic mass is 32.2. The Bertz CT molecular complexity index is 1230. The number of nitrogens with one attached hydrogen (secondary N) is 4. The lowest BCUT2D eigenvalue weighted by atomic mass is 10.1. The maximum atomic E-state index is 12.7. The SMILES string of the molecule is CCN(CC)C(=O)Nc1cc2cc(c1)S(=N)CCCCNc1nc(ncc1-c1ccc(OC)cc1)N2. The number of anilines is 4. The molecule has 4 rings (SSSR count). The van der Waals surface area contributed by atoms with Crippen LogP contribution in [0.1, 0.15) is 26.7 Å². The van der Waals surface area contributed by atoms with E-state index in [0.717, 1.165) is 58.4 Å². The van der Waals surface area contributed by atoms with Gasteiger partial charge in [0.15, 0.2) is 0 Å². The van der Waals surface area contributed by atoms with Crippen molar-refractivity contribution in [3.05, 3.63) is 48.7 Å². The summed E-state index contributed by atoms with van der Waals surface area (Å²) in [6, 6.07) is 13.4. The molecule has 0 aliphatic carbocycles. The molecule has 0 spiro atoms. The van der Waals surface area contributed by atoms with Crippen LogP contribution < -0.4 is 20.7 Å². The van der Waals surface area contributed by atoms with E-state index in [4.69, 9.17) is 14.5 Å². The first-order chi connectivity index (χ1) is 17.5. The minimum absolute atomic E-state index is 0.155. The normalized spacial score (nSPS) is 15.2. The van der Waals surface area contributed by atoms with Crippen LogP contribution in [0.3, 0.4) is 0 Å². The van der Waals surface area contributed by atoms with Crippen molar-refractivity contribution in [3.8, 4) is 16.9 Å². The Morgan fingerprint density at radius 2 is 1.94 bits per heavy atom. The van der Waals surface area contributed by atoms with Gasteiger partial charge in [0, 0.05) is 53.4 Å². The number of nitrogens with zero attached hydrogens (tertiary/aromatic N) is 3. The van der Waals surface area contributed by atoms with Crippen LogP contribution in [0.4, 0.5) is 27.9 Å². The first-order valence-electron chi connectivity index (χ1n) is 12.2. The monoisotopic (exact) mass is 507 g/mol. The molecule has 1 aromatic heterocycles. The number of benzene rings is 2. The van der Waals surface area contributed by atoms with E-state index in [1.54, 1.807) is 18.2 Å². The maximum Gasteiger partial charge on any atom is 0.321 e. The van der Waals surface area contributed by atoms with Gasteiger partial charge in [0.1, 0.15) is 11.6 Å². The molecule has 2 aromatic carbocycles. The van der Waals surface area contributed by atoms with Crippen molar-refractivity contribution in [1.82, 2.24) is 14.9 Å². The van der Waals surface area contributed by atoms with Gasteiger partial charge in [-0.3, -0.25) is 4.78 Å². The van der Waals surface area contributed by atoms with Gasteiger partial charge in [-0.25, -0.2) is 9.78 Å². The second-order valence-electron chi connectivity index (χ2n) is 8.39. The Hall–Kier alpha value is -3.66. The third-order valence-corrected chi connectivity index (χ3v) is 7.51. The molecular formula is C26H33N7O2S. The molecular weight excluding hydrogens is 474 g/mol. The van der Waals surface area contributed by atoms with Gasteiger partial charge < -0.3 is 25.6 Å². The summed E-state index contributed by atoms with van der Waals surface area (Å²) < 4.78 is 14.0. The molecule has 10 heteroatoms. The number of urea groups is 1. The summed E-state index contributed by atoms with van der Waals surface area (Å²) >= 11 is 0. The van der Waals surface area contributed by atoms with Crippen LogP contribution in [-0.2, 0) is 10.7 Å². The molecule has 1 unspecified atom stereocenters. The zero-order valence-electron chi connectivity index (χ0n) is 20.9. The van der Waals surface area contributed by atoms with Crippen molar-refractivity contribution in [3.63, 3.8) is 0 Å². The smallest absolute Gasteiger partial charge is 0.321 e. The van der Waals surface area contributed by atoms with E-state index in [1.165, 1.54) is 0 Å². The van der Waals surface area contributed by atoms with Crippen molar-refractivity contribution >= 4 is 39.9 Å². The number of hydrogen-bond acceptors (Lipinski definition) is 7. The van der Waals surface area contributed by atoms with Crippen molar-refractivity contribution in [2.45, 2.75) is 31.6 Å². The molecule has 9 nitrogen and oxygen atoms in total. The lowest BCUT2D eigenvalue weighted by Gasteiger charge is -2.20. The van der Waals surface area contributed by atoms with E-state index in [2.05, 4.69) is 20.9 Å². The summed E-state index contributed by atoms with van der Waals surface area (Å²) in [6.07, 6.45) is 3.64. The molecule has 0 saturated carbocycles. The van der Waals surface area contributed by atoms with Crippen molar-refractivity contribution in [2.75, 3.05) is 48.4 Å². The predicted molar refractivity (Wildman–Crippen MR) is 147 cm³/mol. The number of methoxy groups -OCH3 is 1. The van der Waals surface area contributed by atoms with E-state index in [-0.39, 0.29) is 6.03 Å². The summed E-state index contributed by atoms with van der Waals surface area (Å²) in [7, 11) is 0.948. The molecule has 4 bridgehead atoms. The summed E-state index contributed by atoms with van der Waals surface area (Å²) in [5.74, 6) is 2.73. The van der Waals surface area contributed by atoms with E-state index < -0.39 is 10.7 Å². The Morgan fingerprint density at radius 3 is 2.67 bits per heavy atom. The van der Waals surface area contributed by atoms with Crippen LogP contribution in [-0.4, -0.2) is 53.4 Å². The molecule has 1 atom stereocenters. The largest absolute Gasteiger partial charge is 0.497 e. The van der Waals surface area contributed by atoms with Gasteiger partial charge in [0.25, 0.3) is 0 Å². The zero-order valence-corrected chi connectivity index (χ0v) is 21.7. The minimum Gasteiger partial charge on any atom is -0.497 e. The second kappa shape index (κ2) is 11.9. The number of carbonyl (C=O) groups is 1. The Morgan fingerprint density at radius 1 is 1.17 bits per heavy atom. The van der Waals surface area contributed by atoms with Crippen LogP contribution in [0.25, 0.3) is 11.1 Å². The van der Waals surface area contributed by atoms with Gasteiger partial charge in [-0.05, 0) is 62.6 Å². The molecule has 3 aromatic rings. The number of ether oxygens (including phenoxy) is 1. The van der Waals surface area contributed by atoms with Crippen LogP contribution in [0.5, 0.6) is 5.75 Å². The number of carbonyl (C=O) groups excluding carboxylic acids is 1. The first kappa shape index (κ1) is 25.4. The molecule has 36 heavy (non-hydrogen) atoms. The lowest BCUT2D eigenvalue weighted by molar-refractivity contribution is 0.217. The van der Waals surface area contributed by atoms with Crippen LogP contribution in [0.15, 0.2) is 53.6 Å². The summed E-state index contributed by atoms with van der Waals surface area (Å²) in [6.45, 7) is 5.90. The molecule has 1 aliphatic heterocycles. The maximum absolute atomic E-state index is 12.7. The minimum atomic E-state index is -0.701. The number of fused-ring (bicyclic) bond motifs is 4. The first-order valence-corrected chi connectivity index (χ1v) is 13.6. The molecule has 2 heterocycles. The topological polar surface area (TPSA) is 115 Å². The summed E-state index contributed by atoms with van der Waals surface area (Å²) in [5, 5.41) is 9.73. The van der Waals surface area contributed by atoms with Gasteiger partial charge in [-0.1, -0.05) is 22.8 Å². The fourth-order valence-electron chi connectivity index (χ4n) is 3.98. The molecule has 4 N–H and O–H groups in total. The summed E-state index contributed by atoms with van der Waals surface area (Å²) in [4.78, 5) is 24.6. The lowest BCUT2D eigenvalue weighted by Crippen LogP contribution is -2.34. The Balaban J connectivity index is 1.68. The summed E-state index contributed by atoms with van der Waals surface area (Å²) in [5.41, 5.74) is 3.28. The standard InChI is InChI=1S/C26H33N7O2S/c1-4-33(5-2)26(34)31-20-14-19-15-22(16-20)36(27)13-7-6-12-28-24-23(17-29-25(30-19)32-24)18-8-10-21(35-3)11-9-18/h8-11,14-17,27H,4-7,12-13H2,1-3H3,(H,31,34)(H2,28,29,30,32). The van der Waals surface area contributed by atoms with E-state index in [9.17, 15) is 4.79 Å². The second-order valence-corrected chi connectivity index (χ2v) is 10.0. The number of aromatic nitrogens is 2. The van der Waals surface area contributed by atoms with Crippen molar-refractivity contribution in [2.24, 2.45) is 0 Å². The molecule has 0 saturated heterocycles. The van der Waals surface area contributed by atoms with Gasteiger partial charge >= 0.3 is 6.03 Å². The van der Waals surface area contributed by atoms with Gasteiger partial charge in [0.2, 0.25) is 5.95 Å². The van der Waals surface area contributed by atoms with Crippen LogP contribution in [0, 0.1) is 4.78 Å². The molecule has 0 fully saturated rings. The molecule has 1 aliphatic rings. The van der Waals surface area contributed by atoms with E-state index in [1.807, 2.05) is 56.3 Å². The molecule has 190 valence electrons. The van der Waals surface area contributed by atoms with Crippen molar-refractivity contribution in [1.29, 1.82) is 4.78 Å². The molecule has 2 amide bonds.